The standard InChI is InChI=1S/C20H32N2O2/c1-6-17-14-22(13-12-16-10-8-7-9-11-16)15-20(17,5)21-18(23)24-19(2,3)4/h7-11,17H,6,12-15H2,1-5H3,(H,21,23)/t17-,20+/m1/s1. The van der Waals surface area contributed by atoms with Crippen LogP contribution in [0.1, 0.15) is 46.6 Å². The van der Waals surface area contributed by atoms with Gasteiger partial charge in [0, 0.05) is 19.6 Å². The van der Waals surface area contributed by atoms with Crippen molar-refractivity contribution >= 4 is 6.09 Å². The molecule has 1 aromatic rings. The quantitative estimate of drug-likeness (QED) is 0.890. The fraction of sp³-hybridized carbons (Fsp3) is 0.650. The van der Waals surface area contributed by atoms with Gasteiger partial charge in [-0.3, -0.25) is 0 Å². The maximum Gasteiger partial charge on any atom is 0.408 e. The van der Waals surface area contributed by atoms with Gasteiger partial charge in [-0.1, -0.05) is 37.3 Å². The predicted octanol–water partition coefficient (Wildman–Crippen LogP) is 3.85. The van der Waals surface area contributed by atoms with Gasteiger partial charge in [-0.2, -0.15) is 0 Å². The molecule has 0 saturated carbocycles. The number of carbonyl (C=O) groups is 1. The van der Waals surface area contributed by atoms with E-state index < -0.39 is 5.60 Å². The third kappa shape index (κ3) is 5.23. The van der Waals surface area contributed by atoms with Crippen LogP contribution in [0, 0.1) is 5.92 Å². The second kappa shape index (κ2) is 7.56. The number of likely N-dealkylation sites (tertiary alicyclic amines) is 1. The lowest BCUT2D eigenvalue weighted by molar-refractivity contribution is 0.0444. The average molecular weight is 332 g/mol. The third-order valence-corrected chi connectivity index (χ3v) is 4.77. The summed E-state index contributed by atoms with van der Waals surface area (Å²) in [6.07, 6.45) is 1.78. The molecule has 1 aromatic carbocycles. The van der Waals surface area contributed by atoms with Crippen molar-refractivity contribution in [3.8, 4) is 0 Å². The Hall–Kier alpha value is -1.55. The number of nitrogens with zero attached hydrogens (tertiary/aromatic N) is 1. The molecule has 1 amide bonds. The topological polar surface area (TPSA) is 41.6 Å². The van der Waals surface area contributed by atoms with Crippen LogP contribution in [0.25, 0.3) is 0 Å². The van der Waals surface area contributed by atoms with Gasteiger partial charge in [-0.25, -0.2) is 4.79 Å². The molecule has 1 fully saturated rings. The van der Waals surface area contributed by atoms with E-state index in [0.717, 1.165) is 32.5 Å². The molecule has 4 nitrogen and oxygen atoms in total. The average Bonchev–Trinajstić information content (AvgIpc) is 2.79. The summed E-state index contributed by atoms with van der Waals surface area (Å²) in [6.45, 7) is 12.9. The number of benzene rings is 1. The fourth-order valence-corrected chi connectivity index (χ4v) is 3.53. The number of carbonyl (C=O) groups excluding carboxylic acids is 1. The molecule has 1 aliphatic rings. The minimum absolute atomic E-state index is 0.228. The maximum atomic E-state index is 12.2. The zero-order valence-corrected chi connectivity index (χ0v) is 15.8. The van der Waals surface area contributed by atoms with Gasteiger partial charge < -0.3 is 15.0 Å². The van der Waals surface area contributed by atoms with Gasteiger partial charge in [-0.15, -0.1) is 0 Å². The molecule has 24 heavy (non-hydrogen) atoms. The molecular formula is C20H32N2O2. The summed E-state index contributed by atoms with van der Waals surface area (Å²) in [5, 5.41) is 3.14. The minimum atomic E-state index is -0.465. The van der Waals surface area contributed by atoms with E-state index in [0.29, 0.717) is 5.92 Å². The van der Waals surface area contributed by atoms with Crippen molar-refractivity contribution in [2.75, 3.05) is 19.6 Å². The Morgan fingerprint density at radius 3 is 2.58 bits per heavy atom. The zero-order chi connectivity index (χ0) is 17.8. The third-order valence-electron chi connectivity index (χ3n) is 4.77. The van der Waals surface area contributed by atoms with E-state index in [-0.39, 0.29) is 11.6 Å². The summed E-state index contributed by atoms with van der Waals surface area (Å²) in [7, 11) is 0. The van der Waals surface area contributed by atoms with Crippen molar-refractivity contribution in [2.45, 2.75) is 58.6 Å². The molecule has 134 valence electrons. The van der Waals surface area contributed by atoms with Gasteiger partial charge in [0.2, 0.25) is 0 Å². The molecule has 0 unspecified atom stereocenters. The summed E-state index contributed by atoms with van der Waals surface area (Å²) in [6, 6.07) is 10.6. The number of alkyl carbamates (subject to hydrolysis) is 1. The first-order valence-electron chi connectivity index (χ1n) is 8.99. The highest BCUT2D eigenvalue weighted by Crippen LogP contribution is 2.30. The number of rotatable bonds is 5. The number of ether oxygens (including phenoxy) is 1. The Bertz CT molecular complexity index is 538. The van der Waals surface area contributed by atoms with Crippen molar-refractivity contribution in [1.29, 1.82) is 0 Å². The Kier molecular flexibility index (Phi) is 5.92. The van der Waals surface area contributed by atoms with E-state index in [9.17, 15) is 4.79 Å². The van der Waals surface area contributed by atoms with Crippen molar-refractivity contribution < 1.29 is 9.53 Å². The SMILES string of the molecule is CC[C@@H]1CN(CCc2ccccc2)C[C@]1(C)NC(=O)OC(C)(C)C. The predicted molar refractivity (Wildman–Crippen MR) is 98.1 cm³/mol. The van der Waals surface area contributed by atoms with Crippen molar-refractivity contribution in [1.82, 2.24) is 10.2 Å². The first-order valence-corrected chi connectivity index (χ1v) is 8.99. The first kappa shape index (κ1) is 18.8. The summed E-state index contributed by atoms with van der Waals surface area (Å²) in [5.74, 6) is 0.445. The van der Waals surface area contributed by atoms with Gasteiger partial charge in [0.1, 0.15) is 5.60 Å². The van der Waals surface area contributed by atoms with Crippen molar-refractivity contribution in [3.63, 3.8) is 0 Å². The molecule has 0 spiro atoms. The Labute approximate surface area is 146 Å². The lowest BCUT2D eigenvalue weighted by atomic mass is 9.87. The smallest absolute Gasteiger partial charge is 0.408 e. The van der Waals surface area contributed by atoms with E-state index in [2.05, 4.69) is 48.3 Å². The van der Waals surface area contributed by atoms with E-state index in [1.807, 2.05) is 26.8 Å². The lowest BCUT2D eigenvalue weighted by Crippen LogP contribution is -2.53. The largest absolute Gasteiger partial charge is 0.444 e. The zero-order valence-electron chi connectivity index (χ0n) is 15.8. The van der Waals surface area contributed by atoms with Crippen LogP contribution in [0.3, 0.4) is 0 Å². The summed E-state index contributed by atoms with van der Waals surface area (Å²) < 4.78 is 5.45. The lowest BCUT2D eigenvalue weighted by Gasteiger charge is -2.32. The van der Waals surface area contributed by atoms with Crippen LogP contribution in [-0.2, 0) is 11.2 Å². The molecular weight excluding hydrogens is 300 g/mol. The van der Waals surface area contributed by atoms with E-state index in [1.165, 1.54) is 5.56 Å². The normalized spacial score (nSPS) is 24.8. The van der Waals surface area contributed by atoms with Gasteiger partial charge in [-0.05, 0) is 52.0 Å². The van der Waals surface area contributed by atoms with E-state index in [4.69, 9.17) is 4.74 Å². The second-order valence-corrected chi connectivity index (χ2v) is 8.12. The maximum absolute atomic E-state index is 12.2. The van der Waals surface area contributed by atoms with Crippen molar-refractivity contribution in [2.24, 2.45) is 5.92 Å². The number of hydrogen-bond acceptors (Lipinski definition) is 3. The summed E-state index contributed by atoms with van der Waals surface area (Å²) >= 11 is 0. The molecule has 2 rings (SSSR count). The molecule has 0 bridgehead atoms. The van der Waals surface area contributed by atoms with Gasteiger partial charge >= 0.3 is 6.09 Å². The minimum Gasteiger partial charge on any atom is -0.444 e. The van der Waals surface area contributed by atoms with Crippen LogP contribution in [0.4, 0.5) is 4.79 Å². The number of amides is 1. The molecule has 1 N–H and O–H groups in total. The molecule has 2 atom stereocenters. The summed E-state index contributed by atoms with van der Waals surface area (Å²) in [4.78, 5) is 14.7. The Balaban J connectivity index is 1.93. The van der Waals surface area contributed by atoms with Crippen LogP contribution in [0.15, 0.2) is 30.3 Å². The van der Waals surface area contributed by atoms with Gasteiger partial charge in [0.05, 0.1) is 5.54 Å². The van der Waals surface area contributed by atoms with Crippen molar-refractivity contribution in [3.05, 3.63) is 35.9 Å². The van der Waals surface area contributed by atoms with E-state index in [1.54, 1.807) is 0 Å². The first-order chi connectivity index (χ1) is 11.2. The number of hydrogen-bond donors (Lipinski definition) is 1. The van der Waals surface area contributed by atoms with Crippen LogP contribution in [-0.4, -0.2) is 41.8 Å². The molecule has 4 heteroatoms. The fourth-order valence-electron chi connectivity index (χ4n) is 3.53. The molecule has 1 aliphatic heterocycles. The van der Waals surface area contributed by atoms with Crippen LogP contribution < -0.4 is 5.32 Å². The second-order valence-electron chi connectivity index (χ2n) is 8.12. The Morgan fingerprint density at radius 2 is 2.00 bits per heavy atom. The molecule has 1 saturated heterocycles. The van der Waals surface area contributed by atoms with Crippen LogP contribution in [0.5, 0.6) is 0 Å². The van der Waals surface area contributed by atoms with E-state index >= 15 is 0 Å². The molecule has 1 heterocycles. The van der Waals surface area contributed by atoms with Gasteiger partial charge in [0.25, 0.3) is 0 Å². The highest BCUT2D eigenvalue weighted by atomic mass is 16.6. The molecule has 0 aliphatic carbocycles. The van der Waals surface area contributed by atoms with Crippen LogP contribution in [0.2, 0.25) is 0 Å². The molecule has 0 radical (unpaired) electrons. The van der Waals surface area contributed by atoms with Crippen LogP contribution >= 0.6 is 0 Å². The number of nitrogens with one attached hydrogen (secondary N) is 1. The monoisotopic (exact) mass is 332 g/mol. The van der Waals surface area contributed by atoms with Gasteiger partial charge in [0.15, 0.2) is 0 Å². The Morgan fingerprint density at radius 1 is 1.33 bits per heavy atom. The molecule has 0 aromatic heterocycles. The highest BCUT2D eigenvalue weighted by molar-refractivity contribution is 5.69. The summed E-state index contributed by atoms with van der Waals surface area (Å²) in [5.41, 5.74) is 0.667. The highest BCUT2D eigenvalue weighted by Gasteiger charge is 2.43.